The molecule has 27 heavy (non-hydrogen) atoms. The van der Waals surface area contributed by atoms with Crippen molar-refractivity contribution in [2.24, 2.45) is 5.92 Å². The van der Waals surface area contributed by atoms with Crippen LogP contribution in [0.1, 0.15) is 12.8 Å². The predicted octanol–water partition coefficient (Wildman–Crippen LogP) is 1.56. The molecule has 0 bridgehead atoms. The summed E-state index contributed by atoms with van der Waals surface area (Å²) >= 11 is 1.53. The van der Waals surface area contributed by atoms with Gasteiger partial charge in [-0.2, -0.15) is 0 Å². The molecule has 0 atom stereocenters. The van der Waals surface area contributed by atoms with Crippen LogP contribution in [0.5, 0.6) is 0 Å². The molecule has 0 radical (unpaired) electrons. The molecule has 1 aliphatic heterocycles. The number of likely N-dealkylation sites (tertiary alicyclic amines) is 1. The third-order valence-electron chi connectivity index (χ3n) is 4.97. The molecule has 0 spiro atoms. The number of aliphatic hydroxyl groups is 1. The molecule has 1 fully saturated rings. The van der Waals surface area contributed by atoms with E-state index in [9.17, 15) is 4.79 Å². The van der Waals surface area contributed by atoms with Gasteiger partial charge in [0, 0.05) is 24.7 Å². The van der Waals surface area contributed by atoms with Crippen LogP contribution in [-0.2, 0) is 0 Å². The molecule has 1 aliphatic rings. The topological polar surface area (TPSA) is 107 Å². The minimum absolute atomic E-state index is 0.176. The van der Waals surface area contributed by atoms with Gasteiger partial charge in [-0.1, -0.05) is 0 Å². The van der Waals surface area contributed by atoms with Crippen molar-refractivity contribution >= 4 is 27.4 Å². The highest BCUT2D eigenvalue weighted by Crippen LogP contribution is 2.27. The van der Waals surface area contributed by atoms with Gasteiger partial charge in [0.25, 0.3) is 5.56 Å². The van der Waals surface area contributed by atoms with Crippen molar-refractivity contribution in [3.8, 4) is 11.4 Å². The van der Waals surface area contributed by atoms with Crippen molar-refractivity contribution < 1.29 is 5.11 Å². The summed E-state index contributed by atoms with van der Waals surface area (Å²) in [5.74, 6) is 0.614. The summed E-state index contributed by atoms with van der Waals surface area (Å²) in [6.07, 6.45) is 5.26. The Morgan fingerprint density at radius 1 is 1.33 bits per heavy atom. The van der Waals surface area contributed by atoms with Gasteiger partial charge in [-0.05, 0) is 37.9 Å². The summed E-state index contributed by atoms with van der Waals surface area (Å²) < 4.78 is 0. The SMILES string of the molecule is O=c1[nH]cnc2c(-c3csc(NCC4CCN(CCO)CC4)n3)nccc12. The Hall–Kier alpha value is -2.36. The smallest absolute Gasteiger partial charge is 0.258 e. The number of aliphatic hydroxyl groups excluding tert-OH is 1. The van der Waals surface area contributed by atoms with E-state index in [2.05, 4.69) is 30.2 Å². The number of aromatic nitrogens is 4. The van der Waals surface area contributed by atoms with Crippen LogP contribution in [0.2, 0.25) is 0 Å². The first-order valence-corrected chi connectivity index (χ1v) is 9.98. The summed E-state index contributed by atoms with van der Waals surface area (Å²) in [5.41, 5.74) is 1.74. The normalized spacial score (nSPS) is 16.0. The van der Waals surface area contributed by atoms with E-state index in [1.807, 2.05) is 5.38 Å². The molecule has 0 aliphatic carbocycles. The van der Waals surface area contributed by atoms with Crippen molar-refractivity contribution in [3.63, 3.8) is 0 Å². The molecule has 0 aromatic carbocycles. The molecule has 3 N–H and O–H groups in total. The minimum atomic E-state index is -0.176. The zero-order valence-electron chi connectivity index (χ0n) is 14.9. The number of aromatic amines is 1. The van der Waals surface area contributed by atoms with Gasteiger partial charge in [0.1, 0.15) is 16.9 Å². The zero-order valence-corrected chi connectivity index (χ0v) is 15.7. The van der Waals surface area contributed by atoms with Crippen molar-refractivity contribution in [1.29, 1.82) is 0 Å². The van der Waals surface area contributed by atoms with Gasteiger partial charge >= 0.3 is 0 Å². The highest BCUT2D eigenvalue weighted by atomic mass is 32.1. The predicted molar refractivity (Wildman–Crippen MR) is 106 cm³/mol. The molecule has 3 aromatic rings. The van der Waals surface area contributed by atoms with Crippen LogP contribution >= 0.6 is 11.3 Å². The van der Waals surface area contributed by atoms with Crippen LogP contribution in [0.25, 0.3) is 22.3 Å². The van der Waals surface area contributed by atoms with E-state index in [0.717, 1.165) is 49.8 Å². The standard InChI is InChI=1S/C18H22N6O2S/c25-8-7-24-5-2-12(3-6-24)9-20-18-23-14(10-27-18)16-15-13(1-4-19-16)17(26)22-11-21-15/h1,4,10-12,25H,2-3,5-9H2,(H,20,23)(H,21,22,26). The summed E-state index contributed by atoms with van der Waals surface area (Å²) in [6.45, 7) is 3.96. The first-order chi connectivity index (χ1) is 13.2. The average Bonchev–Trinajstić information content (AvgIpc) is 3.16. The van der Waals surface area contributed by atoms with E-state index in [1.165, 1.54) is 17.7 Å². The lowest BCUT2D eigenvalue weighted by Gasteiger charge is -2.31. The third kappa shape index (κ3) is 4.00. The second kappa shape index (κ2) is 8.12. The number of thiazole rings is 1. The van der Waals surface area contributed by atoms with Crippen molar-refractivity contribution in [2.45, 2.75) is 12.8 Å². The first kappa shape index (κ1) is 18.0. The highest BCUT2D eigenvalue weighted by molar-refractivity contribution is 7.14. The lowest BCUT2D eigenvalue weighted by Crippen LogP contribution is -2.37. The number of hydrogen-bond acceptors (Lipinski definition) is 8. The van der Waals surface area contributed by atoms with Crippen LogP contribution in [0.4, 0.5) is 5.13 Å². The number of rotatable bonds is 6. The summed E-state index contributed by atoms with van der Waals surface area (Å²) in [7, 11) is 0. The number of fused-ring (bicyclic) bond motifs is 1. The Bertz CT molecular complexity index is 964. The number of anilines is 1. The van der Waals surface area contributed by atoms with E-state index in [-0.39, 0.29) is 12.2 Å². The number of nitrogens with zero attached hydrogens (tertiary/aromatic N) is 4. The quantitative estimate of drug-likeness (QED) is 0.590. The molecule has 9 heteroatoms. The van der Waals surface area contributed by atoms with E-state index in [4.69, 9.17) is 5.11 Å². The van der Waals surface area contributed by atoms with Gasteiger partial charge in [-0.3, -0.25) is 9.78 Å². The van der Waals surface area contributed by atoms with Gasteiger partial charge in [0.15, 0.2) is 5.13 Å². The number of β-amino-alcohol motifs (C(OH)–C–C–N with tert-alkyl or cyclic N) is 1. The Labute approximate surface area is 160 Å². The first-order valence-electron chi connectivity index (χ1n) is 9.10. The van der Waals surface area contributed by atoms with Gasteiger partial charge in [-0.15, -0.1) is 11.3 Å². The maximum absolute atomic E-state index is 11.9. The van der Waals surface area contributed by atoms with Crippen LogP contribution in [0.15, 0.2) is 28.8 Å². The number of pyridine rings is 1. The molecule has 4 heterocycles. The summed E-state index contributed by atoms with van der Waals surface area (Å²) in [6, 6.07) is 1.67. The Morgan fingerprint density at radius 3 is 3.00 bits per heavy atom. The second-order valence-corrected chi connectivity index (χ2v) is 7.57. The van der Waals surface area contributed by atoms with Crippen LogP contribution in [-0.4, -0.2) is 62.7 Å². The van der Waals surface area contributed by atoms with Crippen LogP contribution in [0, 0.1) is 5.92 Å². The Morgan fingerprint density at radius 2 is 2.19 bits per heavy atom. The largest absolute Gasteiger partial charge is 0.395 e. The van der Waals surface area contributed by atoms with Crippen LogP contribution in [0.3, 0.4) is 0 Å². The zero-order chi connectivity index (χ0) is 18.6. The molecule has 0 unspecified atom stereocenters. The molecule has 0 amide bonds. The molecule has 4 rings (SSSR count). The maximum atomic E-state index is 11.9. The summed E-state index contributed by atoms with van der Waals surface area (Å²) in [5, 5.41) is 15.8. The third-order valence-corrected chi connectivity index (χ3v) is 5.77. The van der Waals surface area contributed by atoms with Crippen molar-refractivity contribution in [3.05, 3.63) is 34.3 Å². The molecule has 8 nitrogen and oxygen atoms in total. The van der Waals surface area contributed by atoms with E-state index < -0.39 is 0 Å². The summed E-state index contributed by atoms with van der Waals surface area (Å²) in [4.78, 5) is 30.1. The molecule has 142 valence electrons. The van der Waals surface area contributed by atoms with Gasteiger partial charge < -0.3 is 20.3 Å². The van der Waals surface area contributed by atoms with Gasteiger partial charge in [0.2, 0.25) is 0 Å². The number of H-pyrrole nitrogens is 1. The highest BCUT2D eigenvalue weighted by Gasteiger charge is 2.19. The van der Waals surface area contributed by atoms with Crippen molar-refractivity contribution in [1.82, 2.24) is 24.8 Å². The van der Waals surface area contributed by atoms with E-state index >= 15 is 0 Å². The molecular weight excluding hydrogens is 364 g/mol. The fourth-order valence-electron chi connectivity index (χ4n) is 3.44. The molecule has 1 saturated heterocycles. The number of hydrogen-bond donors (Lipinski definition) is 3. The fourth-order valence-corrected chi connectivity index (χ4v) is 4.14. The Balaban J connectivity index is 1.43. The lowest BCUT2D eigenvalue weighted by atomic mass is 9.97. The lowest BCUT2D eigenvalue weighted by molar-refractivity contribution is 0.151. The monoisotopic (exact) mass is 386 g/mol. The Kier molecular flexibility index (Phi) is 5.42. The number of piperidine rings is 1. The molecule has 3 aromatic heterocycles. The number of nitrogens with one attached hydrogen (secondary N) is 2. The average molecular weight is 386 g/mol. The van der Waals surface area contributed by atoms with E-state index in [0.29, 0.717) is 22.5 Å². The van der Waals surface area contributed by atoms with Crippen LogP contribution < -0.4 is 10.9 Å². The van der Waals surface area contributed by atoms with Gasteiger partial charge in [-0.25, -0.2) is 9.97 Å². The fraction of sp³-hybridized carbons (Fsp3) is 0.444. The van der Waals surface area contributed by atoms with E-state index in [1.54, 1.807) is 12.3 Å². The maximum Gasteiger partial charge on any atom is 0.258 e. The molecule has 0 saturated carbocycles. The van der Waals surface area contributed by atoms with Crippen molar-refractivity contribution in [2.75, 3.05) is 38.1 Å². The minimum Gasteiger partial charge on any atom is -0.395 e. The van der Waals surface area contributed by atoms with Gasteiger partial charge in [0.05, 0.1) is 18.3 Å². The second-order valence-electron chi connectivity index (χ2n) is 6.71. The molecular formula is C18H22N6O2S.